The molecule has 0 bridgehead atoms. The summed E-state index contributed by atoms with van der Waals surface area (Å²) in [4.78, 5) is 32.3. The summed E-state index contributed by atoms with van der Waals surface area (Å²) in [5.41, 5.74) is 1.73. The molecule has 7 heteroatoms. The molecule has 156 valence electrons. The fraction of sp³-hybridized carbons (Fsp3) is 0.500. The van der Waals surface area contributed by atoms with Crippen LogP contribution in [0.25, 0.3) is 0 Å². The summed E-state index contributed by atoms with van der Waals surface area (Å²) in [6.07, 6.45) is 3.86. The maximum absolute atomic E-state index is 12.6. The number of nitrogens with zero attached hydrogens (tertiary/aromatic N) is 2. The second-order valence-electron chi connectivity index (χ2n) is 8.66. The molecule has 2 heterocycles. The van der Waals surface area contributed by atoms with Crippen molar-refractivity contribution in [3.63, 3.8) is 0 Å². The second kappa shape index (κ2) is 8.84. The van der Waals surface area contributed by atoms with E-state index < -0.39 is 0 Å². The van der Waals surface area contributed by atoms with E-state index >= 15 is 0 Å². The van der Waals surface area contributed by atoms with Crippen LogP contribution in [-0.4, -0.2) is 34.8 Å². The molecule has 0 saturated carbocycles. The molecule has 2 amide bonds. The van der Waals surface area contributed by atoms with Crippen molar-refractivity contribution in [1.82, 2.24) is 9.88 Å². The van der Waals surface area contributed by atoms with Gasteiger partial charge in [-0.15, -0.1) is 11.3 Å². The minimum absolute atomic E-state index is 0.0117. The van der Waals surface area contributed by atoms with Crippen LogP contribution in [0.4, 0.5) is 5.13 Å². The van der Waals surface area contributed by atoms with E-state index in [-0.39, 0.29) is 23.1 Å². The van der Waals surface area contributed by atoms with Crippen molar-refractivity contribution >= 4 is 39.9 Å². The quantitative estimate of drug-likeness (QED) is 0.744. The molecule has 0 atom stereocenters. The predicted octanol–water partition coefficient (Wildman–Crippen LogP) is 4.92. The van der Waals surface area contributed by atoms with Crippen LogP contribution in [0.2, 0.25) is 5.02 Å². The summed E-state index contributed by atoms with van der Waals surface area (Å²) in [7, 11) is 0. The van der Waals surface area contributed by atoms with Gasteiger partial charge in [0.1, 0.15) is 0 Å². The highest BCUT2D eigenvalue weighted by Gasteiger charge is 2.32. The summed E-state index contributed by atoms with van der Waals surface area (Å²) < 4.78 is 0. The fourth-order valence-corrected chi connectivity index (χ4v) is 4.54. The van der Waals surface area contributed by atoms with Crippen molar-refractivity contribution in [1.29, 1.82) is 0 Å². The molecule has 1 fully saturated rings. The first-order valence-electron chi connectivity index (χ1n) is 9.94. The lowest BCUT2D eigenvalue weighted by Gasteiger charge is -2.35. The highest BCUT2D eigenvalue weighted by molar-refractivity contribution is 7.15. The second-order valence-corrected chi connectivity index (χ2v) is 10.2. The number of piperidine rings is 1. The van der Waals surface area contributed by atoms with E-state index in [1.165, 1.54) is 11.3 Å². The number of thiazole rings is 1. The average Bonchev–Trinajstić information content (AvgIpc) is 3.11. The van der Waals surface area contributed by atoms with Gasteiger partial charge >= 0.3 is 0 Å². The van der Waals surface area contributed by atoms with Gasteiger partial charge in [-0.2, -0.15) is 0 Å². The Morgan fingerprint density at radius 2 is 1.97 bits per heavy atom. The van der Waals surface area contributed by atoms with Crippen LogP contribution in [0.5, 0.6) is 0 Å². The summed E-state index contributed by atoms with van der Waals surface area (Å²) in [5, 5.41) is 4.34. The molecule has 5 nitrogen and oxygen atoms in total. The molecular formula is C22H28ClN3O2S. The van der Waals surface area contributed by atoms with Crippen molar-refractivity contribution in [3.05, 3.63) is 45.4 Å². The number of benzene rings is 1. The molecule has 3 rings (SSSR count). The highest BCUT2D eigenvalue weighted by Crippen LogP contribution is 2.28. The average molecular weight is 434 g/mol. The molecule has 29 heavy (non-hydrogen) atoms. The molecule has 1 N–H and O–H groups in total. The minimum atomic E-state index is -0.382. The molecule has 1 aliphatic heterocycles. The molecule has 0 aliphatic carbocycles. The number of aromatic nitrogens is 1. The highest BCUT2D eigenvalue weighted by atomic mass is 35.5. The lowest BCUT2D eigenvalue weighted by molar-refractivity contribution is -0.142. The Balaban J connectivity index is 1.54. The van der Waals surface area contributed by atoms with Crippen LogP contribution in [-0.2, 0) is 16.0 Å². The number of anilines is 1. The number of halogens is 1. The largest absolute Gasteiger partial charge is 0.342 e. The topological polar surface area (TPSA) is 62.3 Å². The molecule has 0 unspecified atom stereocenters. The van der Waals surface area contributed by atoms with Crippen molar-refractivity contribution in [2.24, 2.45) is 11.3 Å². The monoisotopic (exact) mass is 433 g/mol. The standard InChI is InChI=1S/C22H28ClN3O2S/c1-14-6-5-7-16(18(14)23)12-17-13-24-21(29-17)25-19(27)15-8-10-26(11-9-15)20(28)22(2,3)4/h5-7,13,15H,8-12H2,1-4H3,(H,24,25,27). The van der Waals surface area contributed by atoms with Crippen LogP contribution >= 0.6 is 22.9 Å². The van der Waals surface area contributed by atoms with Crippen LogP contribution in [0.1, 0.15) is 49.6 Å². The van der Waals surface area contributed by atoms with Gasteiger partial charge in [-0.25, -0.2) is 4.98 Å². The predicted molar refractivity (Wildman–Crippen MR) is 118 cm³/mol. The Morgan fingerprint density at radius 1 is 1.28 bits per heavy atom. The fourth-order valence-electron chi connectivity index (χ4n) is 3.51. The van der Waals surface area contributed by atoms with Gasteiger partial charge in [0.2, 0.25) is 11.8 Å². The lowest BCUT2D eigenvalue weighted by atomic mass is 9.91. The van der Waals surface area contributed by atoms with Gasteiger partial charge in [0.25, 0.3) is 0 Å². The summed E-state index contributed by atoms with van der Waals surface area (Å²) in [6, 6.07) is 6.00. The van der Waals surface area contributed by atoms with Gasteiger partial charge in [0.15, 0.2) is 5.13 Å². The molecule has 1 aromatic carbocycles. The van der Waals surface area contributed by atoms with Crippen molar-refractivity contribution in [2.75, 3.05) is 18.4 Å². The maximum atomic E-state index is 12.6. The lowest BCUT2D eigenvalue weighted by Crippen LogP contribution is -2.45. The number of hydrogen-bond acceptors (Lipinski definition) is 4. The number of carbonyl (C=O) groups excluding carboxylic acids is 2. The maximum Gasteiger partial charge on any atom is 0.229 e. The first kappa shape index (κ1) is 21.8. The summed E-state index contributed by atoms with van der Waals surface area (Å²) in [6.45, 7) is 9.03. The number of amides is 2. The minimum Gasteiger partial charge on any atom is -0.342 e. The van der Waals surface area contributed by atoms with E-state index in [0.717, 1.165) is 21.0 Å². The first-order chi connectivity index (χ1) is 13.6. The van der Waals surface area contributed by atoms with Crippen LogP contribution < -0.4 is 5.32 Å². The normalized spacial score (nSPS) is 15.4. The van der Waals surface area contributed by atoms with Crippen molar-refractivity contribution in [2.45, 2.75) is 47.0 Å². The number of likely N-dealkylation sites (tertiary alicyclic amines) is 1. The van der Waals surface area contributed by atoms with Gasteiger partial charge in [-0.05, 0) is 30.9 Å². The number of aryl methyl sites for hydroxylation is 1. The Labute approximate surface area is 181 Å². The van der Waals surface area contributed by atoms with Crippen molar-refractivity contribution < 1.29 is 9.59 Å². The van der Waals surface area contributed by atoms with E-state index in [1.54, 1.807) is 6.20 Å². The van der Waals surface area contributed by atoms with E-state index in [9.17, 15) is 9.59 Å². The van der Waals surface area contributed by atoms with Gasteiger partial charge in [-0.3, -0.25) is 9.59 Å². The van der Waals surface area contributed by atoms with Crippen LogP contribution in [0.15, 0.2) is 24.4 Å². The zero-order valence-electron chi connectivity index (χ0n) is 17.4. The number of carbonyl (C=O) groups is 2. The van der Waals surface area contributed by atoms with Crippen molar-refractivity contribution in [3.8, 4) is 0 Å². The van der Waals surface area contributed by atoms with E-state index in [0.29, 0.717) is 37.5 Å². The molecule has 1 saturated heterocycles. The third-order valence-corrected chi connectivity index (χ3v) is 6.67. The zero-order valence-corrected chi connectivity index (χ0v) is 19.0. The first-order valence-corrected chi connectivity index (χ1v) is 11.1. The van der Waals surface area contributed by atoms with Gasteiger partial charge in [-0.1, -0.05) is 50.6 Å². The molecule has 1 aromatic heterocycles. The number of hydrogen-bond donors (Lipinski definition) is 1. The number of rotatable bonds is 4. The van der Waals surface area contributed by atoms with E-state index in [1.807, 2.05) is 50.8 Å². The molecule has 0 radical (unpaired) electrons. The molecular weight excluding hydrogens is 406 g/mol. The van der Waals surface area contributed by atoms with E-state index in [4.69, 9.17) is 11.6 Å². The number of nitrogens with one attached hydrogen (secondary N) is 1. The van der Waals surface area contributed by atoms with Crippen LogP contribution in [0, 0.1) is 18.3 Å². The smallest absolute Gasteiger partial charge is 0.229 e. The molecule has 0 spiro atoms. The van der Waals surface area contributed by atoms with Crippen LogP contribution in [0.3, 0.4) is 0 Å². The Morgan fingerprint density at radius 3 is 2.62 bits per heavy atom. The summed E-state index contributed by atoms with van der Waals surface area (Å²) in [5.74, 6) is 0.0515. The van der Waals surface area contributed by atoms with Gasteiger partial charge < -0.3 is 10.2 Å². The van der Waals surface area contributed by atoms with Gasteiger partial charge in [0.05, 0.1) is 0 Å². The van der Waals surface area contributed by atoms with Gasteiger partial charge in [0, 0.05) is 46.9 Å². The molecule has 2 aromatic rings. The zero-order chi connectivity index (χ0) is 21.2. The SMILES string of the molecule is Cc1cccc(Cc2cnc(NC(=O)C3CCN(C(=O)C(C)(C)C)CC3)s2)c1Cl. The molecule has 1 aliphatic rings. The Bertz CT molecular complexity index is 896. The third kappa shape index (κ3) is 5.37. The summed E-state index contributed by atoms with van der Waals surface area (Å²) >= 11 is 7.86. The van der Waals surface area contributed by atoms with E-state index in [2.05, 4.69) is 10.3 Å². The Kier molecular flexibility index (Phi) is 6.64. The Hall–Kier alpha value is -1.92. The third-order valence-electron chi connectivity index (χ3n) is 5.21.